The normalized spacial score (nSPS) is 10.7. The molecule has 1 heterocycles. The van der Waals surface area contributed by atoms with Gasteiger partial charge < -0.3 is 15.1 Å². The molecule has 3 rings (SSSR count). The molecule has 2 N–H and O–H groups in total. The number of rotatable bonds is 7. The van der Waals surface area contributed by atoms with Crippen molar-refractivity contribution in [3.63, 3.8) is 0 Å². The second-order valence-corrected chi connectivity index (χ2v) is 6.78. The minimum atomic E-state index is -2.50. The molecule has 0 aliphatic heterocycles. The highest BCUT2D eigenvalue weighted by molar-refractivity contribution is 7.99. The van der Waals surface area contributed by atoms with E-state index in [1.165, 1.54) is 30.5 Å². The summed E-state index contributed by atoms with van der Waals surface area (Å²) in [5.41, 5.74) is 1.73. The van der Waals surface area contributed by atoms with Crippen molar-refractivity contribution in [2.45, 2.75) is 17.2 Å². The van der Waals surface area contributed by atoms with Crippen molar-refractivity contribution in [3.05, 3.63) is 83.8 Å². The van der Waals surface area contributed by atoms with Crippen LogP contribution in [0.25, 0.3) is 0 Å². The van der Waals surface area contributed by atoms with Gasteiger partial charge in [-0.25, -0.2) is 0 Å². The number of thioether (sulfide) groups is 1. The van der Waals surface area contributed by atoms with Gasteiger partial charge in [0.05, 0.1) is 6.26 Å². The Labute approximate surface area is 164 Å². The standard InChI is InChI=1S/C20H16F2N2O3S/c21-20(22)28-16-8-6-14(7-9-16)18(25)23-12-13-3-1-4-15(11-13)24-19(26)17-5-2-10-27-17/h1-11,20H,12H2,(H,23,25)(H,24,26). The molecule has 2 aromatic carbocycles. The zero-order chi connectivity index (χ0) is 19.9. The molecule has 0 spiro atoms. The van der Waals surface area contributed by atoms with E-state index in [1.54, 1.807) is 30.3 Å². The fourth-order valence-corrected chi connectivity index (χ4v) is 2.93. The largest absolute Gasteiger partial charge is 0.459 e. The lowest BCUT2D eigenvalue weighted by atomic mass is 10.1. The first-order valence-corrected chi connectivity index (χ1v) is 9.16. The van der Waals surface area contributed by atoms with E-state index in [4.69, 9.17) is 4.42 Å². The van der Waals surface area contributed by atoms with Gasteiger partial charge in [0.1, 0.15) is 0 Å². The zero-order valence-corrected chi connectivity index (χ0v) is 15.3. The van der Waals surface area contributed by atoms with Crippen molar-refractivity contribution < 1.29 is 22.8 Å². The van der Waals surface area contributed by atoms with E-state index in [0.717, 1.165) is 5.56 Å². The lowest BCUT2D eigenvalue weighted by molar-refractivity contribution is 0.0949. The van der Waals surface area contributed by atoms with Crippen molar-refractivity contribution in [2.24, 2.45) is 0 Å². The third kappa shape index (κ3) is 5.43. The van der Waals surface area contributed by atoms with Crippen LogP contribution in [-0.2, 0) is 6.54 Å². The fraction of sp³-hybridized carbons (Fsp3) is 0.100. The Bertz CT molecular complexity index is 944. The van der Waals surface area contributed by atoms with E-state index in [0.29, 0.717) is 27.9 Å². The minimum absolute atomic E-state index is 0.201. The molecule has 0 fully saturated rings. The molecule has 8 heteroatoms. The van der Waals surface area contributed by atoms with Gasteiger partial charge >= 0.3 is 0 Å². The molecule has 0 atom stereocenters. The average Bonchev–Trinajstić information content (AvgIpc) is 3.21. The third-order valence-electron chi connectivity index (χ3n) is 3.72. The van der Waals surface area contributed by atoms with E-state index >= 15 is 0 Å². The Morgan fingerprint density at radius 3 is 2.46 bits per heavy atom. The Kier molecular flexibility index (Phi) is 6.44. The van der Waals surface area contributed by atoms with Crippen LogP contribution >= 0.6 is 11.8 Å². The summed E-state index contributed by atoms with van der Waals surface area (Å²) in [5.74, 6) is -2.99. The summed E-state index contributed by atoms with van der Waals surface area (Å²) in [6.07, 6.45) is 1.42. The number of anilines is 1. The number of hydrogen-bond donors (Lipinski definition) is 2. The Morgan fingerprint density at radius 2 is 1.79 bits per heavy atom. The van der Waals surface area contributed by atoms with Gasteiger partial charge in [-0.05, 0) is 54.1 Å². The number of nitrogens with one attached hydrogen (secondary N) is 2. The molecule has 1 aromatic heterocycles. The highest BCUT2D eigenvalue weighted by atomic mass is 32.2. The molecule has 0 saturated carbocycles. The summed E-state index contributed by atoms with van der Waals surface area (Å²) in [4.78, 5) is 24.6. The lowest BCUT2D eigenvalue weighted by Gasteiger charge is -2.09. The quantitative estimate of drug-likeness (QED) is 0.558. The van der Waals surface area contributed by atoms with Crippen LogP contribution in [0, 0.1) is 0 Å². The van der Waals surface area contributed by atoms with Gasteiger partial charge in [0.2, 0.25) is 0 Å². The van der Waals surface area contributed by atoms with E-state index in [1.807, 2.05) is 6.07 Å². The van der Waals surface area contributed by atoms with Gasteiger partial charge in [-0.3, -0.25) is 9.59 Å². The minimum Gasteiger partial charge on any atom is -0.459 e. The van der Waals surface area contributed by atoms with Crippen LogP contribution in [0.1, 0.15) is 26.5 Å². The number of amides is 2. The summed E-state index contributed by atoms with van der Waals surface area (Å²) in [6.45, 7) is 0.247. The summed E-state index contributed by atoms with van der Waals surface area (Å²) in [7, 11) is 0. The van der Waals surface area contributed by atoms with Gasteiger partial charge in [0, 0.05) is 22.7 Å². The third-order valence-corrected chi connectivity index (χ3v) is 4.45. The smallest absolute Gasteiger partial charge is 0.291 e. The topological polar surface area (TPSA) is 71.3 Å². The maximum absolute atomic E-state index is 12.3. The van der Waals surface area contributed by atoms with Crippen LogP contribution in [0.2, 0.25) is 0 Å². The maximum Gasteiger partial charge on any atom is 0.291 e. The molecule has 0 bridgehead atoms. The molecule has 0 radical (unpaired) electrons. The number of benzene rings is 2. The maximum atomic E-state index is 12.3. The number of hydrogen-bond acceptors (Lipinski definition) is 4. The van der Waals surface area contributed by atoms with Crippen molar-refractivity contribution in [1.29, 1.82) is 0 Å². The summed E-state index contributed by atoms with van der Waals surface area (Å²) < 4.78 is 29.7. The van der Waals surface area contributed by atoms with Crippen LogP contribution in [-0.4, -0.2) is 17.6 Å². The first-order valence-electron chi connectivity index (χ1n) is 8.28. The van der Waals surface area contributed by atoms with Crippen LogP contribution in [0.3, 0.4) is 0 Å². The molecule has 28 heavy (non-hydrogen) atoms. The Morgan fingerprint density at radius 1 is 1.00 bits per heavy atom. The molecule has 5 nitrogen and oxygen atoms in total. The van der Waals surface area contributed by atoms with Crippen molar-refractivity contribution in [3.8, 4) is 0 Å². The van der Waals surface area contributed by atoms with E-state index in [2.05, 4.69) is 10.6 Å². The van der Waals surface area contributed by atoms with Crippen LogP contribution < -0.4 is 10.6 Å². The molecular formula is C20H16F2N2O3S. The second kappa shape index (κ2) is 9.18. The highest BCUT2D eigenvalue weighted by Crippen LogP contribution is 2.25. The predicted octanol–water partition coefficient (Wildman–Crippen LogP) is 4.78. The van der Waals surface area contributed by atoms with E-state index in [9.17, 15) is 18.4 Å². The molecule has 3 aromatic rings. The van der Waals surface area contributed by atoms with Gasteiger partial charge in [0.25, 0.3) is 17.6 Å². The first-order chi connectivity index (χ1) is 13.5. The van der Waals surface area contributed by atoms with Gasteiger partial charge in [-0.15, -0.1) is 0 Å². The van der Waals surface area contributed by atoms with Gasteiger partial charge in [-0.2, -0.15) is 8.78 Å². The highest BCUT2D eigenvalue weighted by Gasteiger charge is 2.10. The molecule has 2 amide bonds. The molecule has 144 valence electrons. The SMILES string of the molecule is O=C(NCc1cccc(NC(=O)c2ccco2)c1)c1ccc(SC(F)F)cc1. The molecule has 0 aliphatic carbocycles. The van der Waals surface area contributed by atoms with Crippen molar-refractivity contribution >= 4 is 29.3 Å². The number of furan rings is 1. The van der Waals surface area contributed by atoms with Crippen molar-refractivity contribution in [1.82, 2.24) is 5.32 Å². The Balaban J connectivity index is 1.57. The van der Waals surface area contributed by atoms with E-state index < -0.39 is 5.76 Å². The summed E-state index contributed by atoms with van der Waals surface area (Å²) >= 11 is 0.428. The van der Waals surface area contributed by atoms with Gasteiger partial charge in [0.15, 0.2) is 5.76 Å². The summed E-state index contributed by atoms with van der Waals surface area (Å²) in [6, 6.07) is 16.2. The lowest BCUT2D eigenvalue weighted by Crippen LogP contribution is -2.22. The molecule has 0 aliphatic rings. The number of carbonyl (C=O) groups excluding carboxylic acids is 2. The first kappa shape index (κ1) is 19.6. The average molecular weight is 402 g/mol. The fourth-order valence-electron chi connectivity index (χ4n) is 2.43. The van der Waals surface area contributed by atoms with Crippen molar-refractivity contribution in [2.75, 3.05) is 5.32 Å². The predicted molar refractivity (Wildman–Crippen MR) is 103 cm³/mol. The number of alkyl halides is 2. The Hall–Kier alpha value is -3.13. The van der Waals surface area contributed by atoms with Crippen LogP contribution in [0.15, 0.2) is 76.2 Å². The number of carbonyl (C=O) groups is 2. The van der Waals surface area contributed by atoms with Crippen LogP contribution in [0.5, 0.6) is 0 Å². The second-order valence-electron chi connectivity index (χ2n) is 5.72. The molecular weight excluding hydrogens is 386 g/mol. The molecule has 0 unspecified atom stereocenters. The number of halogens is 2. The summed E-state index contributed by atoms with van der Waals surface area (Å²) in [5, 5.41) is 5.48. The monoisotopic (exact) mass is 402 g/mol. The molecule has 0 saturated heterocycles. The zero-order valence-electron chi connectivity index (χ0n) is 14.5. The van der Waals surface area contributed by atoms with Gasteiger partial charge in [-0.1, -0.05) is 23.9 Å². The van der Waals surface area contributed by atoms with E-state index in [-0.39, 0.29) is 24.1 Å². The van der Waals surface area contributed by atoms with Crippen LogP contribution in [0.4, 0.5) is 14.5 Å².